The first-order valence-corrected chi connectivity index (χ1v) is 11.7. The quantitative estimate of drug-likeness (QED) is 0.339. The average molecular weight is 477 g/mol. The van der Waals surface area contributed by atoms with Gasteiger partial charge in [0.05, 0.1) is 19.3 Å². The molecular formula is C28H29ClN2O3. The highest BCUT2D eigenvalue weighted by molar-refractivity contribution is 6.31. The van der Waals surface area contributed by atoms with Crippen LogP contribution in [0.3, 0.4) is 0 Å². The van der Waals surface area contributed by atoms with Gasteiger partial charge in [-0.1, -0.05) is 41.9 Å². The fraction of sp³-hybridized carbons (Fsp3) is 0.250. The first-order chi connectivity index (χ1) is 16.5. The van der Waals surface area contributed by atoms with Gasteiger partial charge in [0.2, 0.25) is 6.41 Å². The van der Waals surface area contributed by atoms with Crippen molar-refractivity contribution in [3.05, 3.63) is 94.6 Å². The summed E-state index contributed by atoms with van der Waals surface area (Å²) in [6.07, 6.45) is 2.01. The Morgan fingerprint density at radius 3 is 2.41 bits per heavy atom. The largest absolute Gasteiger partial charge is 0.497 e. The Labute approximate surface area is 205 Å². The van der Waals surface area contributed by atoms with E-state index in [1.165, 1.54) is 5.56 Å². The number of nitrogens with one attached hydrogen (secondary N) is 1. The van der Waals surface area contributed by atoms with Crippen LogP contribution in [0.15, 0.2) is 72.8 Å². The zero-order valence-corrected chi connectivity index (χ0v) is 20.4. The smallest absolute Gasteiger partial charge is 0.210 e. The van der Waals surface area contributed by atoms with Crippen molar-refractivity contribution in [1.82, 2.24) is 9.88 Å². The highest BCUT2D eigenvalue weighted by atomic mass is 35.5. The maximum atomic E-state index is 11.6. The lowest BCUT2D eigenvalue weighted by molar-refractivity contribution is -0.120. The number of amides is 1. The Kier molecular flexibility index (Phi) is 7.43. The number of hydrogen-bond acceptors (Lipinski definition) is 3. The molecule has 34 heavy (non-hydrogen) atoms. The van der Waals surface area contributed by atoms with Crippen LogP contribution in [0.1, 0.15) is 36.7 Å². The number of methoxy groups -OCH3 is 1. The van der Waals surface area contributed by atoms with Crippen molar-refractivity contribution in [3.8, 4) is 11.5 Å². The lowest BCUT2D eigenvalue weighted by atomic mass is 9.93. The molecule has 0 saturated carbocycles. The van der Waals surface area contributed by atoms with Crippen LogP contribution in [0, 0.1) is 0 Å². The van der Waals surface area contributed by atoms with Gasteiger partial charge in [0.1, 0.15) is 11.5 Å². The van der Waals surface area contributed by atoms with Crippen molar-refractivity contribution >= 4 is 28.9 Å². The van der Waals surface area contributed by atoms with Crippen molar-refractivity contribution in [2.24, 2.45) is 0 Å². The zero-order chi connectivity index (χ0) is 24.1. The zero-order valence-electron chi connectivity index (χ0n) is 19.6. The monoisotopic (exact) mass is 476 g/mol. The van der Waals surface area contributed by atoms with Gasteiger partial charge in [-0.05, 0) is 73.9 Å². The highest BCUT2D eigenvalue weighted by Crippen LogP contribution is 2.38. The molecule has 1 amide bonds. The first kappa shape index (κ1) is 23.7. The van der Waals surface area contributed by atoms with Gasteiger partial charge in [-0.25, -0.2) is 0 Å². The topological polar surface area (TPSA) is 54.6 Å². The molecular weight excluding hydrogens is 448 g/mol. The molecule has 1 aliphatic rings. The maximum Gasteiger partial charge on any atom is 0.210 e. The number of halogens is 1. The van der Waals surface area contributed by atoms with Crippen molar-refractivity contribution in [2.75, 3.05) is 13.7 Å². The molecule has 6 heteroatoms. The third-order valence-electron chi connectivity index (χ3n) is 5.81. The molecule has 0 fully saturated rings. The van der Waals surface area contributed by atoms with E-state index in [0.717, 1.165) is 51.5 Å². The molecule has 0 bridgehead atoms. The Morgan fingerprint density at radius 2 is 1.76 bits per heavy atom. The average Bonchev–Trinajstić information content (AvgIpc) is 3.22. The second kappa shape index (κ2) is 10.7. The third-order valence-corrected chi connectivity index (χ3v) is 6.04. The lowest BCUT2D eigenvalue weighted by Gasteiger charge is -2.33. The summed E-state index contributed by atoms with van der Waals surface area (Å²) in [5.74, 6) is 1.74. The van der Waals surface area contributed by atoms with Crippen LogP contribution in [-0.2, 0) is 11.2 Å². The second-order valence-corrected chi connectivity index (χ2v) is 8.89. The molecule has 1 aliphatic heterocycles. The molecule has 1 atom stereocenters. The number of aromatic amines is 1. The summed E-state index contributed by atoms with van der Waals surface area (Å²) in [6, 6.07) is 23.4. The van der Waals surface area contributed by atoms with Crippen LogP contribution < -0.4 is 9.47 Å². The van der Waals surface area contributed by atoms with Gasteiger partial charge in [0.15, 0.2) is 0 Å². The number of carbonyl (C=O) groups is 1. The van der Waals surface area contributed by atoms with E-state index in [1.54, 1.807) is 7.11 Å². The SMILES string of the molecule is CC(C)Oc1ccccc1.COc1ccc(C2c3[nH]c4ccc(Cl)cc4c3CCN2C=O)cc1. The predicted molar refractivity (Wildman–Crippen MR) is 137 cm³/mol. The second-order valence-electron chi connectivity index (χ2n) is 8.46. The number of benzene rings is 3. The van der Waals surface area contributed by atoms with Crippen molar-refractivity contribution in [3.63, 3.8) is 0 Å². The summed E-state index contributed by atoms with van der Waals surface area (Å²) in [5.41, 5.74) is 4.42. The van der Waals surface area contributed by atoms with Crippen LogP contribution in [-0.4, -0.2) is 36.1 Å². The maximum absolute atomic E-state index is 11.6. The van der Waals surface area contributed by atoms with E-state index in [-0.39, 0.29) is 12.1 Å². The van der Waals surface area contributed by atoms with E-state index >= 15 is 0 Å². The molecule has 4 aromatic rings. The van der Waals surface area contributed by atoms with Crippen molar-refractivity contribution in [1.29, 1.82) is 0 Å². The van der Waals surface area contributed by atoms with Gasteiger partial charge in [-0.2, -0.15) is 0 Å². The minimum absolute atomic E-state index is 0.122. The van der Waals surface area contributed by atoms with Crippen LogP contribution in [0.5, 0.6) is 11.5 Å². The number of nitrogens with zero attached hydrogens (tertiary/aromatic N) is 1. The minimum Gasteiger partial charge on any atom is -0.497 e. The van der Waals surface area contributed by atoms with Gasteiger partial charge < -0.3 is 19.4 Å². The number of rotatable bonds is 5. The van der Waals surface area contributed by atoms with Crippen LogP contribution in [0.25, 0.3) is 10.9 Å². The first-order valence-electron chi connectivity index (χ1n) is 11.4. The molecule has 176 valence electrons. The summed E-state index contributed by atoms with van der Waals surface area (Å²) in [5, 5.41) is 1.87. The van der Waals surface area contributed by atoms with Crippen molar-refractivity contribution in [2.45, 2.75) is 32.4 Å². The molecule has 0 aliphatic carbocycles. The number of hydrogen-bond donors (Lipinski definition) is 1. The lowest BCUT2D eigenvalue weighted by Crippen LogP contribution is -2.34. The molecule has 1 N–H and O–H groups in total. The molecule has 1 aromatic heterocycles. The van der Waals surface area contributed by atoms with Crippen molar-refractivity contribution < 1.29 is 14.3 Å². The molecule has 0 spiro atoms. The standard InChI is InChI=1S/C19H17ClN2O2.C9H12O/c1-24-14-5-2-12(3-6-14)19-18-15(8-9-22(19)11-23)16-10-13(20)4-7-17(16)21-18;1-8(2)10-9-6-4-3-5-7-9/h2-7,10-11,19,21H,8-9H2,1H3;3-8H,1-2H3. The summed E-state index contributed by atoms with van der Waals surface area (Å²) in [4.78, 5) is 16.9. The van der Waals surface area contributed by atoms with Crippen LogP contribution >= 0.6 is 11.6 Å². The summed E-state index contributed by atoms with van der Waals surface area (Å²) >= 11 is 6.17. The van der Waals surface area contributed by atoms with Crippen LogP contribution in [0.2, 0.25) is 5.02 Å². The van der Waals surface area contributed by atoms with E-state index in [1.807, 2.05) is 91.5 Å². The Balaban J connectivity index is 0.000000231. The molecule has 0 radical (unpaired) electrons. The number of fused-ring (bicyclic) bond motifs is 3. The normalized spacial score (nSPS) is 14.9. The van der Waals surface area contributed by atoms with Gasteiger partial charge >= 0.3 is 0 Å². The highest BCUT2D eigenvalue weighted by Gasteiger charge is 2.30. The van der Waals surface area contributed by atoms with E-state index in [9.17, 15) is 4.79 Å². The Bertz CT molecular complexity index is 1240. The molecule has 2 heterocycles. The summed E-state index contributed by atoms with van der Waals surface area (Å²) < 4.78 is 10.6. The van der Waals surface area contributed by atoms with Gasteiger partial charge in [-0.15, -0.1) is 0 Å². The molecule has 3 aromatic carbocycles. The number of para-hydroxylation sites is 1. The van der Waals surface area contributed by atoms with Gasteiger partial charge in [0, 0.05) is 28.2 Å². The number of H-pyrrole nitrogens is 1. The minimum atomic E-state index is -0.122. The third kappa shape index (κ3) is 5.20. The summed E-state index contributed by atoms with van der Waals surface area (Å²) in [7, 11) is 1.65. The summed E-state index contributed by atoms with van der Waals surface area (Å²) in [6.45, 7) is 4.73. The molecule has 1 unspecified atom stereocenters. The Hall–Kier alpha value is -3.44. The van der Waals surface area contributed by atoms with E-state index in [4.69, 9.17) is 21.1 Å². The number of carbonyl (C=O) groups excluding carboxylic acids is 1. The van der Waals surface area contributed by atoms with Crippen LogP contribution in [0.4, 0.5) is 0 Å². The van der Waals surface area contributed by atoms with Gasteiger partial charge in [0.25, 0.3) is 0 Å². The molecule has 5 nitrogen and oxygen atoms in total. The number of ether oxygens (including phenoxy) is 2. The predicted octanol–water partition coefficient (Wildman–Crippen LogP) is 6.41. The molecule has 5 rings (SSSR count). The molecule has 0 saturated heterocycles. The van der Waals surface area contributed by atoms with E-state index in [0.29, 0.717) is 6.54 Å². The van der Waals surface area contributed by atoms with E-state index < -0.39 is 0 Å². The fourth-order valence-corrected chi connectivity index (χ4v) is 4.48. The fourth-order valence-electron chi connectivity index (χ4n) is 4.31. The van der Waals surface area contributed by atoms with Gasteiger partial charge in [-0.3, -0.25) is 4.79 Å². The Morgan fingerprint density at radius 1 is 1.03 bits per heavy atom. The van der Waals surface area contributed by atoms with E-state index in [2.05, 4.69) is 4.98 Å². The number of aromatic nitrogens is 1.